The maximum absolute atomic E-state index is 10.7. The minimum absolute atomic E-state index is 0.0878. The van der Waals surface area contributed by atoms with Crippen molar-refractivity contribution < 1.29 is 10.0 Å². The van der Waals surface area contributed by atoms with E-state index in [4.69, 9.17) is 5.11 Å². The van der Waals surface area contributed by atoms with E-state index >= 15 is 0 Å². The number of nitro groups is 1. The number of aliphatic hydroxyl groups excluding tert-OH is 1. The largest absolute Gasteiger partial charge is 0.393 e. The van der Waals surface area contributed by atoms with Crippen LogP contribution in [-0.4, -0.2) is 22.2 Å². The fraction of sp³-hybridized carbons (Fsp3) is 0.455. The topological polar surface area (TPSA) is 75.4 Å². The van der Waals surface area contributed by atoms with Gasteiger partial charge in [0.25, 0.3) is 5.69 Å². The average Bonchev–Trinajstić information content (AvgIpc) is 2.22. The molecule has 6 heteroatoms. The van der Waals surface area contributed by atoms with Crippen LogP contribution >= 0.6 is 15.9 Å². The van der Waals surface area contributed by atoms with Gasteiger partial charge in [0.2, 0.25) is 0 Å². The SMILES string of the molecule is O=[N+]([O-])c1cc(Br)cc(CNC2CC(O)C2)c1. The Hall–Kier alpha value is -0.980. The van der Waals surface area contributed by atoms with Gasteiger partial charge in [-0.1, -0.05) is 15.9 Å². The highest BCUT2D eigenvalue weighted by Crippen LogP contribution is 2.23. The first-order valence-corrected chi connectivity index (χ1v) is 6.19. The molecule has 0 radical (unpaired) electrons. The van der Waals surface area contributed by atoms with E-state index in [1.807, 2.05) is 6.07 Å². The molecule has 1 fully saturated rings. The molecule has 0 aliphatic heterocycles. The van der Waals surface area contributed by atoms with Gasteiger partial charge >= 0.3 is 0 Å². The summed E-state index contributed by atoms with van der Waals surface area (Å²) in [6.07, 6.45) is 1.33. The lowest BCUT2D eigenvalue weighted by Crippen LogP contribution is -2.43. The highest BCUT2D eigenvalue weighted by Gasteiger charge is 2.26. The maximum atomic E-state index is 10.7. The van der Waals surface area contributed by atoms with Gasteiger partial charge in [0.1, 0.15) is 0 Å². The van der Waals surface area contributed by atoms with E-state index in [1.54, 1.807) is 6.07 Å². The van der Waals surface area contributed by atoms with Crippen molar-refractivity contribution in [3.8, 4) is 0 Å². The Balaban J connectivity index is 1.98. The maximum Gasteiger partial charge on any atom is 0.270 e. The van der Waals surface area contributed by atoms with Crippen LogP contribution < -0.4 is 5.32 Å². The monoisotopic (exact) mass is 300 g/mol. The second-order valence-corrected chi connectivity index (χ2v) is 5.19. The third-order valence-corrected chi connectivity index (χ3v) is 3.32. The van der Waals surface area contributed by atoms with Crippen molar-refractivity contribution in [1.29, 1.82) is 0 Å². The first-order valence-electron chi connectivity index (χ1n) is 5.40. The van der Waals surface area contributed by atoms with Crippen LogP contribution in [0.1, 0.15) is 18.4 Å². The Morgan fingerprint density at radius 2 is 2.18 bits per heavy atom. The molecule has 0 amide bonds. The Morgan fingerprint density at radius 1 is 1.47 bits per heavy atom. The van der Waals surface area contributed by atoms with E-state index < -0.39 is 4.92 Å². The number of aliphatic hydroxyl groups is 1. The Bertz CT molecular complexity index is 433. The van der Waals surface area contributed by atoms with Crippen molar-refractivity contribution in [3.05, 3.63) is 38.3 Å². The molecule has 17 heavy (non-hydrogen) atoms. The van der Waals surface area contributed by atoms with Gasteiger partial charge in [-0.25, -0.2) is 0 Å². The van der Waals surface area contributed by atoms with Crippen molar-refractivity contribution in [3.63, 3.8) is 0 Å². The van der Waals surface area contributed by atoms with Crippen LogP contribution in [0.5, 0.6) is 0 Å². The fourth-order valence-electron chi connectivity index (χ4n) is 1.86. The molecule has 0 saturated heterocycles. The zero-order chi connectivity index (χ0) is 12.4. The molecular formula is C11H13BrN2O3. The molecule has 0 spiro atoms. The Kier molecular flexibility index (Phi) is 3.76. The Labute approximate surface area is 107 Å². The van der Waals surface area contributed by atoms with Gasteiger partial charge in [0.15, 0.2) is 0 Å². The molecule has 1 aromatic rings. The lowest BCUT2D eigenvalue weighted by molar-refractivity contribution is -0.385. The van der Waals surface area contributed by atoms with Crippen molar-refractivity contribution in [2.75, 3.05) is 0 Å². The third-order valence-electron chi connectivity index (χ3n) is 2.86. The van der Waals surface area contributed by atoms with Crippen molar-refractivity contribution in [2.24, 2.45) is 0 Å². The van der Waals surface area contributed by atoms with Crippen LogP contribution in [0.25, 0.3) is 0 Å². The van der Waals surface area contributed by atoms with Crippen LogP contribution in [0.15, 0.2) is 22.7 Å². The minimum Gasteiger partial charge on any atom is -0.393 e. The summed E-state index contributed by atoms with van der Waals surface area (Å²) in [5.41, 5.74) is 0.956. The number of nitrogens with one attached hydrogen (secondary N) is 1. The number of nitro benzene ring substituents is 1. The van der Waals surface area contributed by atoms with Gasteiger partial charge in [-0.2, -0.15) is 0 Å². The van der Waals surface area contributed by atoms with Crippen LogP contribution in [-0.2, 0) is 6.54 Å². The molecule has 0 atom stereocenters. The molecule has 0 aromatic heterocycles. The standard InChI is InChI=1S/C11H13BrN2O3/c12-8-1-7(2-10(3-8)14(16)17)6-13-9-4-11(15)5-9/h1-3,9,11,13,15H,4-6H2. The third kappa shape index (κ3) is 3.24. The normalized spacial score (nSPS) is 23.2. The predicted molar refractivity (Wildman–Crippen MR) is 66.7 cm³/mol. The number of halogens is 1. The molecule has 0 heterocycles. The van der Waals surface area contributed by atoms with Crippen LogP contribution in [0.3, 0.4) is 0 Å². The van der Waals surface area contributed by atoms with E-state index in [-0.39, 0.29) is 11.8 Å². The lowest BCUT2D eigenvalue weighted by Gasteiger charge is -2.32. The molecular weight excluding hydrogens is 288 g/mol. The number of hydrogen-bond acceptors (Lipinski definition) is 4. The van der Waals surface area contributed by atoms with Gasteiger partial charge in [-0.3, -0.25) is 10.1 Å². The zero-order valence-corrected chi connectivity index (χ0v) is 10.7. The highest BCUT2D eigenvalue weighted by atomic mass is 79.9. The first kappa shape index (κ1) is 12.5. The average molecular weight is 301 g/mol. The van der Waals surface area contributed by atoms with E-state index in [0.717, 1.165) is 18.4 Å². The number of benzene rings is 1. The van der Waals surface area contributed by atoms with E-state index in [0.29, 0.717) is 17.1 Å². The number of non-ortho nitro benzene ring substituents is 1. The van der Waals surface area contributed by atoms with E-state index in [9.17, 15) is 10.1 Å². The molecule has 2 N–H and O–H groups in total. The summed E-state index contributed by atoms with van der Waals surface area (Å²) in [7, 11) is 0. The molecule has 5 nitrogen and oxygen atoms in total. The van der Waals surface area contributed by atoms with Gasteiger partial charge in [-0.05, 0) is 24.5 Å². The van der Waals surface area contributed by atoms with Crippen LogP contribution in [0.2, 0.25) is 0 Å². The van der Waals surface area contributed by atoms with Gasteiger partial charge in [0.05, 0.1) is 11.0 Å². The summed E-state index contributed by atoms with van der Waals surface area (Å²) in [4.78, 5) is 10.3. The molecule has 1 aliphatic rings. The quantitative estimate of drug-likeness (QED) is 0.658. The molecule has 0 unspecified atom stereocenters. The van der Waals surface area contributed by atoms with Gasteiger partial charge in [0, 0.05) is 29.2 Å². The summed E-state index contributed by atoms with van der Waals surface area (Å²) >= 11 is 3.26. The highest BCUT2D eigenvalue weighted by molar-refractivity contribution is 9.10. The summed E-state index contributed by atoms with van der Waals surface area (Å²) in [6.45, 7) is 0.581. The second-order valence-electron chi connectivity index (χ2n) is 4.28. The molecule has 92 valence electrons. The van der Waals surface area contributed by atoms with Crippen molar-refractivity contribution >= 4 is 21.6 Å². The zero-order valence-electron chi connectivity index (χ0n) is 9.10. The van der Waals surface area contributed by atoms with Crippen molar-refractivity contribution in [2.45, 2.75) is 31.5 Å². The van der Waals surface area contributed by atoms with Crippen molar-refractivity contribution in [1.82, 2.24) is 5.32 Å². The molecule has 1 aromatic carbocycles. The smallest absolute Gasteiger partial charge is 0.270 e. The summed E-state index contributed by atoms with van der Waals surface area (Å²) in [5.74, 6) is 0. The molecule has 1 aliphatic carbocycles. The number of hydrogen-bond donors (Lipinski definition) is 2. The van der Waals surface area contributed by atoms with E-state index in [1.165, 1.54) is 6.07 Å². The van der Waals surface area contributed by atoms with Gasteiger partial charge < -0.3 is 10.4 Å². The summed E-state index contributed by atoms with van der Waals surface area (Å²) in [5, 5.41) is 23.1. The summed E-state index contributed by atoms with van der Waals surface area (Å²) in [6, 6.07) is 5.22. The molecule has 0 bridgehead atoms. The Morgan fingerprint density at radius 3 is 2.76 bits per heavy atom. The predicted octanol–water partition coefficient (Wildman–Crippen LogP) is 1.97. The minimum atomic E-state index is -0.401. The van der Waals surface area contributed by atoms with E-state index in [2.05, 4.69) is 21.2 Å². The number of nitrogens with zero attached hydrogens (tertiary/aromatic N) is 1. The van der Waals surface area contributed by atoms with Gasteiger partial charge in [-0.15, -0.1) is 0 Å². The first-order chi connectivity index (χ1) is 8.04. The molecule has 2 rings (SSSR count). The van der Waals surface area contributed by atoms with Crippen LogP contribution in [0.4, 0.5) is 5.69 Å². The second kappa shape index (κ2) is 5.12. The lowest BCUT2D eigenvalue weighted by atomic mass is 9.89. The van der Waals surface area contributed by atoms with Crippen LogP contribution in [0, 0.1) is 10.1 Å². The molecule has 1 saturated carbocycles. The number of rotatable bonds is 4. The summed E-state index contributed by atoms with van der Waals surface area (Å²) < 4.78 is 0.706. The fourth-order valence-corrected chi connectivity index (χ4v) is 2.39.